The van der Waals surface area contributed by atoms with Crippen molar-refractivity contribution >= 4 is 27.7 Å². The molecular weight excluding hydrogens is 334 g/mol. The smallest absolute Gasteiger partial charge is 0.276 e. The van der Waals surface area contributed by atoms with E-state index in [2.05, 4.69) is 5.32 Å². The van der Waals surface area contributed by atoms with Gasteiger partial charge in [-0.2, -0.15) is 0 Å². The number of hydrogen-bond donors (Lipinski definition) is 1. The molecule has 0 bridgehead atoms. The minimum absolute atomic E-state index is 0.0362. The Morgan fingerprint density at radius 2 is 2.04 bits per heavy atom. The molecule has 0 aliphatic rings. The first-order valence-corrected chi connectivity index (χ1v) is 9.02. The quantitative estimate of drug-likeness (QED) is 0.312. The average molecular weight is 355 g/mol. The summed E-state index contributed by atoms with van der Waals surface area (Å²) in [6.07, 6.45) is 3.07. The molecule has 1 aromatic rings. The predicted octanol–water partition coefficient (Wildman–Crippen LogP) is 1.40. The number of para-hydroxylation sites is 1. The van der Waals surface area contributed by atoms with E-state index in [9.17, 15) is 23.3 Å². The molecule has 0 saturated heterocycles. The summed E-state index contributed by atoms with van der Waals surface area (Å²) in [7, 11) is -1.72. The maximum absolute atomic E-state index is 11.7. The van der Waals surface area contributed by atoms with Gasteiger partial charge in [0.05, 0.1) is 16.2 Å². The number of carbonyl (C=O) groups is 1. The monoisotopic (exact) mass is 355 g/mol. The summed E-state index contributed by atoms with van der Waals surface area (Å²) in [4.78, 5) is 22.0. The van der Waals surface area contributed by atoms with E-state index in [-0.39, 0.29) is 11.4 Å². The summed E-state index contributed by atoms with van der Waals surface area (Å²) in [6.45, 7) is 2.19. The van der Waals surface area contributed by atoms with Gasteiger partial charge in [-0.3, -0.25) is 14.9 Å². The van der Waals surface area contributed by atoms with E-state index < -0.39 is 20.9 Å². The topological polar surface area (TPSA) is 110 Å². The van der Waals surface area contributed by atoms with E-state index in [0.717, 1.165) is 0 Å². The van der Waals surface area contributed by atoms with Crippen molar-refractivity contribution in [1.82, 2.24) is 9.62 Å². The Kier molecular flexibility index (Phi) is 7.53. The first-order valence-electron chi connectivity index (χ1n) is 7.41. The Morgan fingerprint density at radius 3 is 2.67 bits per heavy atom. The number of rotatable bonds is 9. The van der Waals surface area contributed by atoms with Crippen LogP contribution in [0.4, 0.5) is 5.69 Å². The maximum atomic E-state index is 11.7. The molecule has 8 nitrogen and oxygen atoms in total. The Labute approximate surface area is 141 Å². The zero-order valence-corrected chi connectivity index (χ0v) is 14.5. The van der Waals surface area contributed by atoms with E-state index in [1.54, 1.807) is 25.1 Å². The van der Waals surface area contributed by atoms with Crippen LogP contribution in [0, 0.1) is 10.1 Å². The summed E-state index contributed by atoms with van der Waals surface area (Å²) in [5, 5.41) is 13.5. The van der Waals surface area contributed by atoms with Crippen molar-refractivity contribution in [2.24, 2.45) is 0 Å². The van der Waals surface area contributed by atoms with Gasteiger partial charge < -0.3 is 5.32 Å². The lowest BCUT2D eigenvalue weighted by molar-refractivity contribution is -0.385. The van der Waals surface area contributed by atoms with Crippen LogP contribution in [0.15, 0.2) is 30.3 Å². The minimum Gasteiger partial charge on any atom is -0.353 e. The van der Waals surface area contributed by atoms with Crippen molar-refractivity contribution in [3.05, 3.63) is 46.0 Å². The first-order chi connectivity index (χ1) is 11.3. The number of amides is 1. The van der Waals surface area contributed by atoms with Gasteiger partial charge in [-0.25, -0.2) is 12.7 Å². The van der Waals surface area contributed by atoms with E-state index in [4.69, 9.17) is 0 Å². The predicted molar refractivity (Wildman–Crippen MR) is 91.8 cm³/mol. The molecule has 0 aliphatic carbocycles. The van der Waals surface area contributed by atoms with Crippen molar-refractivity contribution < 1.29 is 18.1 Å². The second-order valence-electron chi connectivity index (χ2n) is 5.02. The fourth-order valence-electron chi connectivity index (χ4n) is 1.89. The maximum Gasteiger partial charge on any atom is 0.276 e. The molecule has 0 saturated carbocycles. The molecule has 1 N–H and O–H groups in total. The zero-order chi connectivity index (χ0) is 18.2. The molecule has 0 unspecified atom stereocenters. The lowest BCUT2D eigenvalue weighted by Gasteiger charge is -2.15. The molecule has 1 rings (SSSR count). The number of nitrogens with one attached hydrogen (secondary N) is 1. The van der Waals surface area contributed by atoms with Crippen LogP contribution in [0.3, 0.4) is 0 Å². The number of sulfonamides is 1. The highest BCUT2D eigenvalue weighted by Crippen LogP contribution is 2.18. The van der Waals surface area contributed by atoms with Gasteiger partial charge in [0, 0.05) is 32.3 Å². The molecule has 24 heavy (non-hydrogen) atoms. The molecule has 0 atom stereocenters. The largest absolute Gasteiger partial charge is 0.353 e. The number of nitro groups is 1. The van der Waals surface area contributed by atoms with Crippen LogP contribution in [0.1, 0.15) is 18.9 Å². The number of benzene rings is 1. The number of carbonyl (C=O) groups excluding carboxylic acids is 1. The van der Waals surface area contributed by atoms with Crippen molar-refractivity contribution in [2.75, 3.05) is 25.9 Å². The fourth-order valence-corrected chi connectivity index (χ4v) is 2.74. The fraction of sp³-hybridized carbons (Fsp3) is 0.400. The van der Waals surface area contributed by atoms with Gasteiger partial charge in [0.2, 0.25) is 15.9 Å². The number of nitrogens with zero attached hydrogens (tertiary/aromatic N) is 2. The van der Waals surface area contributed by atoms with Gasteiger partial charge in [-0.05, 0) is 25.5 Å². The summed E-state index contributed by atoms with van der Waals surface area (Å²) in [5.74, 6) is -0.358. The van der Waals surface area contributed by atoms with Crippen molar-refractivity contribution in [1.29, 1.82) is 0 Å². The van der Waals surface area contributed by atoms with Gasteiger partial charge in [-0.15, -0.1) is 0 Å². The van der Waals surface area contributed by atoms with Crippen LogP contribution in [0.2, 0.25) is 0 Å². The summed E-state index contributed by atoms with van der Waals surface area (Å²) < 4.78 is 24.3. The van der Waals surface area contributed by atoms with Gasteiger partial charge in [0.25, 0.3) is 5.69 Å². The summed E-state index contributed by atoms with van der Waals surface area (Å²) in [5.41, 5.74) is 0.263. The number of nitro benzene ring substituents is 1. The van der Waals surface area contributed by atoms with Gasteiger partial charge in [0.15, 0.2) is 0 Å². The minimum atomic E-state index is -3.22. The molecular formula is C15H21N3O5S. The molecule has 0 aliphatic heterocycles. The molecule has 0 aromatic heterocycles. The Morgan fingerprint density at radius 1 is 1.38 bits per heavy atom. The van der Waals surface area contributed by atoms with Crippen LogP contribution >= 0.6 is 0 Å². The highest BCUT2D eigenvalue weighted by atomic mass is 32.2. The zero-order valence-electron chi connectivity index (χ0n) is 13.6. The Hall–Kier alpha value is -2.26. The molecule has 0 heterocycles. The highest BCUT2D eigenvalue weighted by Gasteiger charge is 2.14. The molecule has 1 aromatic carbocycles. The van der Waals surface area contributed by atoms with E-state index >= 15 is 0 Å². The molecule has 1 amide bonds. The van der Waals surface area contributed by atoms with Crippen molar-refractivity contribution in [2.45, 2.75) is 13.3 Å². The molecule has 0 radical (unpaired) electrons. The first kappa shape index (κ1) is 19.8. The average Bonchev–Trinajstić information content (AvgIpc) is 2.56. The van der Waals surface area contributed by atoms with Crippen molar-refractivity contribution in [3.63, 3.8) is 0 Å². The lowest BCUT2D eigenvalue weighted by Crippen LogP contribution is -2.32. The van der Waals surface area contributed by atoms with E-state index in [1.165, 1.54) is 29.6 Å². The van der Waals surface area contributed by atoms with Gasteiger partial charge in [-0.1, -0.05) is 12.1 Å². The van der Waals surface area contributed by atoms with Crippen LogP contribution in [-0.4, -0.2) is 49.4 Å². The Bertz CT molecular complexity index is 716. The third kappa shape index (κ3) is 6.09. The normalized spacial score (nSPS) is 11.8. The van der Waals surface area contributed by atoms with Crippen LogP contribution in [-0.2, 0) is 14.8 Å². The summed E-state index contributed by atoms with van der Waals surface area (Å²) >= 11 is 0. The van der Waals surface area contributed by atoms with Crippen LogP contribution < -0.4 is 5.32 Å². The summed E-state index contributed by atoms with van der Waals surface area (Å²) in [6, 6.07) is 6.11. The Balaban J connectivity index is 2.46. The van der Waals surface area contributed by atoms with Crippen molar-refractivity contribution in [3.8, 4) is 0 Å². The second-order valence-corrected chi connectivity index (χ2v) is 7.38. The van der Waals surface area contributed by atoms with Gasteiger partial charge in [0.1, 0.15) is 0 Å². The van der Waals surface area contributed by atoms with E-state index in [0.29, 0.717) is 25.1 Å². The third-order valence-electron chi connectivity index (χ3n) is 3.34. The molecule has 9 heteroatoms. The second kappa shape index (κ2) is 9.14. The third-order valence-corrected chi connectivity index (χ3v) is 5.20. The lowest BCUT2D eigenvalue weighted by atomic mass is 10.1. The van der Waals surface area contributed by atoms with Crippen LogP contribution in [0.25, 0.3) is 6.08 Å². The van der Waals surface area contributed by atoms with Gasteiger partial charge >= 0.3 is 0 Å². The van der Waals surface area contributed by atoms with E-state index in [1.807, 2.05) is 0 Å². The molecule has 0 fully saturated rings. The standard InChI is InChI=1S/C15H21N3O5S/c1-3-24(22,23)17(2)12-6-11-16-15(19)10-9-13-7-4-5-8-14(13)18(20)21/h4-5,7-10H,3,6,11-12H2,1-2H3,(H,16,19)/b10-9+. The molecule has 132 valence electrons. The van der Waals surface area contributed by atoms with Crippen LogP contribution in [0.5, 0.6) is 0 Å². The molecule has 0 spiro atoms. The SMILES string of the molecule is CCS(=O)(=O)N(C)CCCNC(=O)/C=C/c1ccccc1[N+](=O)[O-]. The highest BCUT2D eigenvalue weighted by molar-refractivity contribution is 7.89. The number of hydrogen-bond acceptors (Lipinski definition) is 5.